The van der Waals surface area contributed by atoms with E-state index in [0.29, 0.717) is 23.6 Å². The van der Waals surface area contributed by atoms with E-state index in [9.17, 15) is 14.4 Å². The lowest BCUT2D eigenvalue weighted by Crippen LogP contribution is -2.35. The van der Waals surface area contributed by atoms with Crippen LogP contribution in [0.25, 0.3) is 10.9 Å². The number of nitrogens with one attached hydrogen (secondary N) is 1. The van der Waals surface area contributed by atoms with Gasteiger partial charge in [0.25, 0.3) is 5.56 Å². The molecule has 1 saturated heterocycles. The van der Waals surface area contributed by atoms with Crippen molar-refractivity contribution < 1.29 is 39.9 Å². The van der Waals surface area contributed by atoms with Gasteiger partial charge in [0.05, 0.1) is 16.5 Å². The molecule has 4 aromatic carbocycles. The van der Waals surface area contributed by atoms with Crippen LogP contribution in [-0.4, -0.2) is 58.3 Å². The number of aryl methyl sites for hydroxylation is 1. The smallest absolute Gasteiger partial charge is 0.425 e. The monoisotopic (exact) mass is 964 g/mol. The van der Waals surface area contributed by atoms with Crippen LogP contribution >= 0.6 is 31.9 Å². The highest BCUT2D eigenvalue weighted by atomic mass is 79.9. The largest absolute Gasteiger partial charge is 0.478 e. The van der Waals surface area contributed by atoms with E-state index in [1.807, 2.05) is 34.9 Å². The fourth-order valence-corrected chi connectivity index (χ4v) is 6.78. The first kappa shape index (κ1) is 51.0. The van der Waals surface area contributed by atoms with Crippen molar-refractivity contribution in [2.24, 2.45) is 11.8 Å². The summed E-state index contributed by atoms with van der Waals surface area (Å²) in [5.74, 6) is 1.24. The van der Waals surface area contributed by atoms with Gasteiger partial charge in [0.1, 0.15) is 5.82 Å². The summed E-state index contributed by atoms with van der Waals surface area (Å²) in [4.78, 5) is 38.9. The SMILES string of the molecule is C.C.Nc1cc(Br)ccc1C(=O)O.O=C1CCC(Cc2ccccc2)CN1.O=S(=O)=O.O=S(=O)=O.O=c1c2ccc(Br)cc2nc2n1CC(Cc1ccccc1)CC2. The number of nitrogen functional groups attached to an aromatic ring is 1. The molecule has 14 nitrogen and oxygen atoms in total. The van der Waals surface area contributed by atoms with Crippen molar-refractivity contribution in [3.05, 3.63) is 139 Å². The van der Waals surface area contributed by atoms with Gasteiger partial charge in [0.15, 0.2) is 0 Å². The fraction of sp³-hybridized carbons (Fsp3) is 0.300. The molecule has 0 bridgehead atoms. The van der Waals surface area contributed by atoms with E-state index in [0.717, 1.165) is 65.5 Å². The zero-order valence-electron chi connectivity index (χ0n) is 29.7. The Kier molecular flexibility index (Phi) is 22.9. The lowest BCUT2D eigenvalue weighted by molar-refractivity contribution is -0.122. The quantitative estimate of drug-likeness (QED) is 0.156. The molecule has 4 N–H and O–H groups in total. The third-order valence-electron chi connectivity index (χ3n) is 8.56. The first-order valence-electron chi connectivity index (χ1n) is 17.0. The Bertz CT molecular complexity index is 2350. The number of fused-ring (bicyclic) bond motifs is 2. The summed E-state index contributed by atoms with van der Waals surface area (Å²) < 4.78 is 54.3. The maximum absolute atomic E-state index is 12.8. The van der Waals surface area contributed by atoms with Crippen molar-refractivity contribution in [3.63, 3.8) is 0 Å². The number of nitrogens with zero attached hydrogens (tertiary/aromatic N) is 2. The van der Waals surface area contributed by atoms with Gasteiger partial charge in [-0.2, -0.15) is 0 Å². The second-order valence-corrected chi connectivity index (χ2v) is 15.2. The standard InChI is InChI=1S/C19H17BrN2O.C12H15NO.C7H6BrNO2.2CH4.2O3S/c20-15-7-8-16-17(11-15)21-18-9-6-14(12-22(18)19(16)23)10-13-4-2-1-3-5-13;14-12-7-6-11(9-13-12)8-10-4-2-1-3-5-10;8-4-1-2-5(7(10)11)6(9)3-4;;;2*1-4(2)3/h1-5,7-8,11,14H,6,9-10,12H2;1-5,11H,6-9H2,(H,13,14);1-3H,9H2,(H,10,11);2*1H4;;. The number of carboxylic acid groups (broad SMARTS) is 1. The van der Waals surface area contributed by atoms with Gasteiger partial charge in [-0.25, -0.2) is 9.78 Å². The van der Waals surface area contributed by atoms with Crippen LogP contribution in [-0.2, 0) is 51.8 Å². The van der Waals surface area contributed by atoms with Gasteiger partial charge >= 0.3 is 27.2 Å². The molecule has 2 atom stereocenters. The zero-order chi connectivity index (χ0) is 41.2. The number of hydrogen-bond donors (Lipinski definition) is 3. The molecule has 0 radical (unpaired) electrons. The summed E-state index contributed by atoms with van der Waals surface area (Å²) in [7, 11) is -6.22. The molecule has 0 aliphatic carbocycles. The Morgan fingerprint density at radius 2 is 1.26 bits per heavy atom. The average molecular weight is 967 g/mol. The minimum atomic E-state index is -3.11. The minimum absolute atomic E-state index is 0. The third-order valence-corrected chi connectivity index (χ3v) is 9.55. The molecule has 0 spiro atoms. The molecule has 18 heteroatoms. The molecule has 1 aromatic heterocycles. The van der Waals surface area contributed by atoms with Crippen molar-refractivity contribution in [1.82, 2.24) is 14.9 Å². The van der Waals surface area contributed by atoms with E-state index < -0.39 is 27.2 Å². The van der Waals surface area contributed by atoms with E-state index in [1.165, 1.54) is 17.2 Å². The van der Waals surface area contributed by atoms with Gasteiger partial charge in [-0.15, -0.1) is 25.3 Å². The fourth-order valence-electron chi connectivity index (χ4n) is 6.05. The summed E-state index contributed by atoms with van der Waals surface area (Å²) in [5.41, 5.74) is 9.40. The summed E-state index contributed by atoms with van der Waals surface area (Å²) in [5, 5.41) is 12.2. The van der Waals surface area contributed by atoms with Gasteiger partial charge < -0.3 is 16.2 Å². The van der Waals surface area contributed by atoms with Gasteiger partial charge in [-0.05, 0) is 85.0 Å². The minimum Gasteiger partial charge on any atom is -0.478 e. The van der Waals surface area contributed by atoms with Crippen molar-refractivity contribution in [2.75, 3.05) is 12.3 Å². The molecule has 2 aliphatic heterocycles. The van der Waals surface area contributed by atoms with Crippen molar-refractivity contribution in [1.29, 1.82) is 0 Å². The van der Waals surface area contributed by atoms with Crippen LogP contribution in [0, 0.1) is 11.8 Å². The molecule has 58 heavy (non-hydrogen) atoms. The summed E-state index contributed by atoms with van der Waals surface area (Å²) in [6.45, 7) is 1.61. The predicted octanol–water partition coefficient (Wildman–Crippen LogP) is 6.71. The molecule has 2 unspecified atom stereocenters. The second kappa shape index (κ2) is 26.1. The Balaban J connectivity index is 0.000000414. The van der Waals surface area contributed by atoms with Gasteiger partial charge in [-0.1, -0.05) is 107 Å². The van der Waals surface area contributed by atoms with E-state index >= 15 is 0 Å². The number of hydrogen-bond acceptors (Lipinski definition) is 11. The van der Waals surface area contributed by atoms with Crippen LogP contribution < -0.4 is 16.6 Å². The lowest BCUT2D eigenvalue weighted by atomic mass is 9.92. The summed E-state index contributed by atoms with van der Waals surface area (Å²) in [6.07, 6.45) is 5.78. The first-order chi connectivity index (χ1) is 26.6. The normalized spacial score (nSPS) is 14.7. The number of amides is 1. The molecule has 7 rings (SSSR count). The Morgan fingerprint density at radius 1 is 0.759 bits per heavy atom. The molecular formula is C40H46Br2N4O10S2. The van der Waals surface area contributed by atoms with Crippen LogP contribution in [0.5, 0.6) is 0 Å². The van der Waals surface area contributed by atoms with Crippen molar-refractivity contribution in [2.45, 2.75) is 59.9 Å². The molecule has 0 saturated carbocycles. The zero-order valence-corrected chi connectivity index (χ0v) is 34.5. The lowest BCUT2D eigenvalue weighted by Gasteiger charge is -2.26. The molecular weight excluding hydrogens is 920 g/mol. The van der Waals surface area contributed by atoms with E-state index in [1.54, 1.807) is 12.1 Å². The second-order valence-electron chi connectivity index (χ2n) is 12.5. The topological polar surface area (TPSA) is 230 Å². The Hall–Kier alpha value is -5.04. The van der Waals surface area contributed by atoms with E-state index in [4.69, 9.17) is 41.1 Å². The summed E-state index contributed by atoms with van der Waals surface area (Å²) >= 11 is 6.62. The maximum Gasteiger partial charge on any atom is 0.425 e. The number of aromatic carboxylic acids is 1. The number of carbonyl (C=O) groups is 2. The average Bonchev–Trinajstić information content (AvgIpc) is 3.14. The van der Waals surface area contributed by atoms with Crippen LogP contribution in [0.4, 0.5) is 5.69 Å². The predicted molar refractivity (Wildman–Crippen MR) is 230 cm³/mol. The molecule has 1 fully saturated rings. The van der Waals surface area contributed by atoms with Crippen LogP contribution in [0.15, 0.2) is 111 Å². The van der Waals surface area contributed by atoms with Crippen molar-refractivity contribution in [3.8, 4) is 0 Å². The number of rotatable bonds is 5. The van der Waals surface area contributed by atoms with Crippen LogP contribution in [0.1, 0.15) is 61.4 Å². The van der Waals surface area contributed by atoms with E-state index in [2.05, 4.69) is 85.7 Å². The van der Waals surface area contributed by atoms with Gasteiger partial charge in [0, 0.05) is 40.6 Å². The molecule has 1 amide bonds. The van der Waals surface area contributed by atoms with Crippen LogP contribution in [0.3, 0.4) is 0 Å². The number of halogens is 2. The number of piperidine rings is 1. The number of benzene rings is 4. The maximum atomic E-state index is 12.8. The number of anilines is 1. The Labute approximate surface area is 357 Å². The molecule has 2 aliphatic rings. The highest BCUT2D eigenvalue weighted by Gasteiger charge is 2.22. The summed E-state index contributed by atoms with van der Waals surface area (Å²) in [6, 6.07) is 31.3. The number of carbonyl (C=O) groups excluding carboxylic acids is 1. The number of carboxylic acids is 1. The first-order valence-corrected chi connectivity index (χ1v) is 20.6. The number of aromatic nitrogens is 2. The van der Waals surface area contributed by atoms with Crippen molar-refractivity contribution >= 4 is 81.5 Å². The number of nitrogens with two attached hydrogens (primary N) is 1. The highest BCUT2D eigenvalue weighted by Crippen LogP contribution is 2.24. The van der Waals surface area contributed by atoms with Crippen LogP contribution in [0.2, 0.25) is 0 Å². The molecule has 5 aromatic rings. The molecule has 312 valence electrons. The van der Waals surface area contributed by atoms with Gasteiger partial charge in [0.2, 0.25) is 5.91 Å². The highest BCUT2D eigenvalue weighted by molar-refractivity contribution is 9.10. The van der Waals surface area contributed by atoms with Gasteiger partial charge in [-0.3, -0.25) is 14.2 Å². The molecule has 3 heterocycles. The Morgan fingerprint density at radius 3 is 1.76 bits per heavy atom. The third kappa shape index (κ3) is 18.0. The van der Waals surface area contributed by atoms with E-state index in [-0.39, 0.29) is 37.6 Å².